The lowest BCUT2D eigenvalue weighted by atomic mass is 10.1. The van der Waals surface area contributed by atoms with Gasteiger partial charge in [-0.2, -0.15) is 0 Å². The highest BCUT2D eigenvalue weighted by Crippen LogP contribution is 2.18. The molecule has 100 valence electrons. The summed E-state index contributed by atoms with van der Waals surface area (Å²) in [6.07, 6.45) is 1.96. The highest BCUT2D eigenvalue weighted by atomic mass is 35.5. The van der Waals surface area contributed by atoms with Crippen LogP contribution in [0.15, 0.2) is 36.4 Å². The Balaban J connectivity index is 2.48. The van der Waals surface area contributed by atoms with Crippen molar-refractivity contribution in [3.05, 3.63) is 41.4 Å². The maximum Gasteiger partial charge on any atom is 0.120 e. The van der Waals surface area contributed by atoms with Crippen LogP contribution in [0, 0.1) is 0 Å². The summed E-state index contributed by atoms with van der Waals surface area (Å²) in [5, 5.41) is 4.11. The smallest absolute Gasteiger partial charge is 0.120 e. The van der Waals surface area contributed by atoms with E-state index in [1.165, 1.54) is 5.57 Å². The largest absolute Gasteiger partial charge is 0.492 e. The summed E-state index contributed by atoms with van der Waals surface area (Å²) in [6.45, 7) is 9.84. The summed E-state index contributed by atoms with van der Waals surface area (Å²) >= 11 is 5.92. The normalized spacial score (nSPS) is 12.2. The molecule has 0 saturated heterocycles. The number of likely N-dealkylation sites (N-methyl/N-ethyl adjacent to an activating group) is 1. The fourth-order valence-electron chi connectivity index (χ4n) is 1.73. The van der Waals surface area contributed by atoms with E-state index in [1.54, 1.807) is 0 Å². The number of benzene rings is 1. The molecule has 1 unspecified atom stereocenters. The van der Waals surface area contributed by atoms with Crippen molar-refractivity contribution in [2.45, 2.75) is 32.7 Å². The topological polar surface area (TPSA) is 21.3 Å². The van der Waals surface area contributed by atoms with Gasteiger partial charge in [-0.15, -0.1) is 0 Å². The Bertz CT molecular complexity index is 379. The number of rotatable bonds is 8. The SMILES string of the molecule is C=C(CC)CC(COc1cccc(Cl)c1)NCC. The second-order valence-electron chi connectivity index (χ2n) is 4.33. The molecule has 0 spiro atoms. The summed E-state index contributed by atoms with van der Waals surface area (Å²) in [4.78, 5) is 0. The van der Waals surface area contributed by atoms with Gasteiger partial charge in [0, 0.05) is 11.1 Å². The van der Waals surface area contributed by atoms with Gasteiger partial charge >= 0.3 is 0 Å². The van der Waals surface area contributed by atoms with E-state index < -0.39 is 0 Å². The fourth-order valence-corrected chi connectivity index (χ4v) is 1.91. The van der Waals surface area contributed by atoms with Crippen molar-refractivity contribution in [3.8, 4) is 5.75 Å². The standard InChI is InChI=1S/C15H22ClNO/c1-4-12(3)9-14(17-5-2)11-18-15-8-6-7-13(16)10-15/h6-8,10,14,17H,3-5,9,11H2,1-2H3. The molecule has 0 aliphatic heterocycles. The minimum atomic E-state index is 0.307. The molecule has 0 fully saturated rings. The van der Waals surface area contributed by atoms with Gasteiger partial charge in [0.1, 0.15) is 12.4 Å². The van der Waals surface area contributed by atoms with Crippen molar-refractivity contribution in [2.75, 3.05) is 13.2 Å². The molecular formula is C15H22ClNO. The van der Waals surface area contributed by atoms with Crippen molar-refractivity contribution < 1.29 is 4.74 Å². The summed E-state index contributed by atoms with van der Waals surface area (Å²) in [5.41, 5.74) is 1.25. The van der Waals surface area contributed by atoms with Crippen LogP contribution in [0.3, 0.4) is 0 Å². The second kappa shape index (κ2) is 8.17. The maximum atomic E-state index is 5.92. The van der Waals surface area contributed by atoms with Crippen LogP contribution in [0.5, 0.6) is 5.75 Å². The zero-order valence-corrected chi connectivity index (χ0v) is 12.0. The molecule has 18 heavy (non-hydrogen) atoms. The number of hydrogen-bond donors (Lipinski definition) is 1. The molecule has 0 aromatic heterocycles. The van der Waals surface area contributed by atoms with Crippen molar-refractivity contribution >= 4 is 11.6 Å². The molecule has 0 amide bonds. The lowest BCUT2D eigenvalue weighted by molar-refractivity contribution is 0.264. The molecule has 1 N–H and O–H groups in total. The zero-order valence-electron chi connectivity index (χ0n) is 11.2. The van der Waals surface area contributed by atoms with E-state index in [9.17, 15) is 0 Å². The molecule has 0 bridgehead atoms. The highest BCUT2D eigenvalue weighted by molar-refractivity contribution is 6.30. The van der Waals surface area contributed by atoms with E-state index >= 15 is 0 Å². The Labute approximate surface area is 115 Å². The van der Waals surface area contributed by atoms with Gasteiger partial charge in [0.2, 0.25) is 0 Å². The molecule has 0 aliphatic rings. The molecule has 1 rings (SSSR count). The first kappa shape index (κ1) is 15.1. The van der Waals surface area contributed by atoms with Crippen LogP contribution >= 0.6 is 11.6 Å². The Morgan fingerprint density at radius 2 is 2.22 bits per heavy atom. The first-order chi connectivity index (χ1) is 8.65. The van der Waals surface area contributed by atoms with Crippen LogP contribution in [0.1, 0.15) is 26.7 Å². The van der Waals surface area contributed by atoms with Crippen LogP contribution in [-0.2, 0) is 0 Å². The molecule has 3 heteroatoms. The molecule has 1 aromatic rings. The number of nitrogens with one attached hydrogen (secondary N) is 1. The van der Waals surface area contributed by atoms with E-state index in [-0.39, 0.29) is 0 Å². The minimum Gasteiger partial charge on any atom is -0.492 e. The fraction of sp³-hybridized carbons (Fsp3) is 0.467. The predicted molar refractivity (Wildman–Crippen MR) is 78.5 cm³/mol. The van der Waals surface area contributed by atoms with E-state index in [0.717, 1.165) is 25.1 Å². The highest BCUT2D eigenvalue weighted by Gasteiger charge is 2.09. The van der Waals surface area contributed by atoms with E-state index in [1.807, 2.05) is 24.3 Å². The zero-order chi connectivity index (χ0) is 13.4. The number of ether oxygens (including phenoxy) is 1. The van der Waals surface area contributed by atoms with Gasteiger partial charge < -0.3 is 10.1 Å². The predicted octanol–water partition coefficient (Wildman–Crippen LogP) is 4.05. The summed E-state index contributed by atoms with van der Waals surface area (Å²) in [6, 6.07) is 7.80. The van der Waals surface area contributed by atoms with Gasteiger partial charge in [0.25, 0.3) is 0 Å². The van der Waals surface area contributed by atoms with Gasteiger partial charge in [0.05, 0.1) is 0 Å². The number of hydrogen-bond acceptors (Lipinski definition) is 2. The average molecular weight is 268 g/mol. The van der Waals surface area contributed by atoms with Crippen molar-refractivity contribution in [1.29, 1.82) is 0 Å². The minimum absolute atomic E-state index is 0.307. The Hall–Kier alpha value is -0.990. The lowest BCUT2D eigenvalue weighted by Gasteiger charge is -2.19. The second-order valence-corrected chi connectivity index (χ2v) is 4.77. The van der Waals surface area contributed by atoms with Crippen LogP contribution in [0.2, 0.25) is 5.02 Å². The Kier molecular flexibility index (Phi) is 6.84. The first-order valence-electron chi connectivity index (χ1n) is 6.44. The van der Waals surface area contributed by atoms with E-state index in [4.69, 9.17) is 16.3 Å². The van der Waals surface area contributed by atoms with Crippen LogP contribution in [0.25, 0.3) is 0 Å². The Morgan fingerprint density at radius 1 is 1.44 bits per heavy atom. The van der Waals surface area contributed by atoms with Gasteiger partial charge in [-0.3, -0.25) is 0 Å². The van der Waals surface area contributed by atoms with Crippen molar-refractivity contribution in [3.63, 3.8) is 0 Å². The summed E-state index contributed by atoms with van der Waals surface area (Å²) in [7, 11) is 0. The number of halogens is 1. The molecular weight excluding hydrogens is 246 g/mol. The molecule has 2 nitrogen and oxygen atoms in total. The van der Waals surface area contributed by atoms with Gasteiger partial charge in [0.15, 0.2) is 0 Å². The monoisotopic (exact) mass is 267 g/mol. The van der Waals surface area contributed by atoms with Gasteiger partial charge in [-0.1, -0.05) is 43.7 Å². The van der Waals surface area contributed by atoms with E-state index in [2.05, 4.69) is 25.7 Å². The van der Waals surface area contributed by atoms with Gasteiger partial charge in [-0.25, -0.2) is 0 Å². The average Bonchev–Trinajstić information content (AvgIpc) is 2.36. The summed E-state index contributed by atoms with van der Waals surface area (Å²) in [5.74, 6) is 0.813. The molecule has 0 radical (unpaired) electrons. The van der Waals surface area contributed by atoms with Crippen molar-refractivity contribution in [2.24, 2.45) is 0 Å². The van der Waals surface area contributed by atoms with Crippen LogP contribution in [0.4, 0.5) is 0 Å². The van der Waals surface area contributed by atoms with Crippen molar-refractivity contribution in [1.82, 2.24) is 5.32 Å². The van der Waals surface area contributed by atoms with Crippen LogP contribution < -0.4 is 10.1 Å². The molecule has 1 atom stereocenters. The lowest BCUT2D eigenvalue weighted by Crippen LogP contribution is -2.34. The summed E-state index contributed by atoms with van der Waals surface area (Å²) < 4.78 is 5.76. The van der Waals surface area contributed by atoms with Gasteiger partial charge in [-0.05, 0) is 37.6 Å². The van der Waals surface area contributed by atoms with E-state index in [0.29, 0.717) is 17.7 Å². The quantitative estimate of drug-likeness (QED) is 0.718. The molecule has 0 saturated carbocycles. The third-order valence-corrected chi connectivity index (χ3v) is 3.01. The Morgan fingerprint density at radius 3 is 2.83 bits per heavy atom. The third-order valence-electron chi connectivity index (χ3n) is 2.78. The third kappa shape index (κ3) is 5.56. The molecule has 1 aromatic carbocycles. The first-order valence-corrected chi connectivity index (χ1v) is 6.81. The molecule has 0 aliphatic carbocycles. The van der Waals surface area contributed by atoms with Crippen LogP contribution in [-0.4, -0.2) is 19.2 Å². The molecule has 0 heterocycles. The maximum absolute atomic E-state index is 5.92.